The SMILES string of the molecule is c1ccc(-c2c(-c3ccccc3)c3cc(-c4ccc(N(c5ccc(-c6cc7ccccc7c7ccccc67)cc5)c5cccc(-c6cccc7ccccc67)c5)cc4)ccc3c3ccccc23)cc1. The van der Waals surface area contributed by atoms with E-state index in [1.54, 1.807) is 0 Å². The summed E-state index contributed by atoms with van der Waals surface area (Å²) < 4.78 is 0. The highest BCUT2D eigenvalue weighted by Gasteiger charge is 2.20. The van der Waals surface area contributed by atoms with Gasteiger partial charge in [-0.2, -0.15) is 0 Å². The topological polar surface area (TPSA) is 3.24 Å². The molecule has 0 radical (unpaired) electrons. The van der Waals surface area contributed by atoms with E-state index in [1.165, 1.54) is 104 Å². The Morgan fingerprint density at radius 1 is 0.188 bits per heavy atom. The molecule has 322 valence electrons. The van der Waals surface area contributed by atoms with Crippen LogP contribution in [-0.4, -0.2) is 0 Å². The van der Waals surface area contributed by atoms with E-state index in [9.17, 15) is 0 Å². The quantitative estimate of drug-likeness (QED) is 0.138. The van der Waals surface area contributed by atoms with Crippen LogP contribution in [0.4, 0.5) is 17.1 Å². The van der Waals surface area contributed by atoms with Crippen LogP contribution in [0, 0.1) is 0 Å². The van der Waals surface area contributed by atoms with Crippen LogP contribution in [0.15, 0.2) is 273 Å². The van der Waals surface area contributed by atoms with Crippen molar-refractivity contribution < 1.29 is 0 Å². The van der Waals surface area contributed by atoms with Crippen molar-refractivity contribution in [3.05, 3.63) is 273 Å². The van der Waals surface area contributed by atoms with Crippen molar-refractivity contribution in [2.45, 2.75) is 0 Å². The standard InChI is InChI=1S/C68H45N/c1-3-18-49(19-4-1)67-64-31-14-13-29-61(64)63-42-37-51(44-66(63)68(67)50-20-5-2-6-21-50)46-33-38-54(39-34-46)69(56-25-15-24-52(43-56)58-32-16-23-47-17-7-9-26-57(47)58)55-40-35-48(36-41-55)65-45-53-22-8-10-27-59(53)60-28-11-12-30-62(60)65/h1-45H. The Bertz CT molecular complexity index is 4040. The highest BCUT2D eigenvalue weighted by Crippen LogP contribution is 2.46. The molecule has 0 aliphatic heterocycles. The van der Waals surface area contributed by atoms with Crippen LogP contribution in [0.25, 0.3) is 109 Å². The third kappa shape index (κ3) is 7.12. The van der Waals surface area contributed by atoms with E-state index in [2.05, 4.69) is 278 Å². The van der Waals surface area contributed by atoms with Crippen LogP contribution >= 0.6 is 0 Å². The second kappa shape index (κ2) is 17.0. The molecule has 0 saturated carbocycles. The van der Waals surface area contributed by atoms with Crippen molar-refractivity contribution in [1.82, 2.24) is 0 Å². The van der Waals surface area contributed by atoms with Gasteiger partial charge in [-0.05, 0) is 158 Å². The third-order valence-electron chi connectivity index (χ3n) is 14.0. The molecule has 1 nitrogen and oxygen atoms in total. The maximum Gasteiger partial charge on any atom is 0.0467 e. The highest BCUT2D eigenvalue weighted by atomic mass is 15.1. The molecule has 0 heterocycles. The zero-order chi connectivity index (χ0) is 45.7. The summed E-state index contributed by atoms with van der Waals surface area (Å²) in [6.45, 7) is 0. The molecule has 0 aromatic heterocycles. The zero-order valence-electron chi connectivity index (χ0n) is 37.9. The lowest BCUT2D eigenvalue weighted by Crippen LogP contribution is -2.10. The lowest BCUT2D eigenvalue weighted by Gasteiger charge is -2.27. The molecule has 13 aromatic carbocycles. The molecule has 69 heavy (non-hydrogen) atoms. The van der Waals surface area contributed by atoms with Gasteiger partial charge in [0.05, 0.1) is 0 Å². The minimum absolute atomic E-state index is 1.08. The molecule has 13 aromatic rings. The van der Waals surface area contributed by atoms with Crippen LogP contribution < -0.4 is 4.90 Å². The number of fused-ring (bicyclic) bond motifs is 7. The maximum atomic E-state index is 2.41. The monoisotopic (exact) mass is 875 g/mol. The van der Waals surface area contributed by atoms with Crippen LogP contribution in [0.3, 0.4) is 0 Å². The number of rotatable bonds is 8. The first-order valence-corrected chi connectivity index (χ1v) is 23.8. The highest BCUT2D eigenvalue weighted by molar-refractivity contribution is 6.22. The summed E-state index contributed by atoms with van der Waals surface area (Å²) >= 11 is 0. The summed E-state index contributed by atoms with van der Waals surface area (Å²) in [5.74, 6) is 0. The van der Waals surface area contributed by atoms with Crippen molar-refractivity contribution in [2.24, 2.45) is 0 Å². The predicted octanol–water partition coefficient (Wildman–Crippen LogP) is 19.3. The van der Waals surface area contributed by atoms with Gasteiger partial charge in [0.1, 0.15) is 0 Å². The molecule has 0 fully saturated rings. The van der Waals surface area contributed by atoms with Gasteiger partial charge in [0.2, 0.25) is 0 Å². The van der Waals surface area contributed by atoms with Crippen molar-refractivity contribution >= 4 is 70.9 Å². The number of nitrogens with zero attached hydrogens (tertiary/aromatic N) is 1. The summed E-state index contributed by atoms with van der Waals surface area (Å²) in [5, 5.41) is 12.5. The summed E-state index contributed by atoms with van der Waals surface area (Å²) in [6, 6.07) is 100. The zero-order valence-corrected chi connectivity index (χ0v) is 37.9. The Morgan fingerprint density at radius 2 is 0.667 bits per heavy atom. The van der Waals surface area contributed by atoms with Gasteiger partial charge in [-0.15, -0.1) is 0 Å². The molecule has 0 bridgehead atoms. The lowest BCUT2D eigenvalue weighted by molar-refractivity contribution is 1.28. The molecular formula is C68H45N. The summed E-state index contributed by atoms with van der Waals surface area (Å²) in [5.41, 5.74) is 15.4. The molecule has 0 N–H and O–H groups in total. The van der Waals surface area contributed by atoms with Crippen LogP contribution in [0.5, 0.6) is 0 Å². The predicted molar refractivity (Wildman–Crippen MR) is 296 cm³/mol. The maximum absolute atomic E-state index is 2.41. The van der Waals surface area contributed by atoms with Gasteiger partial charge < -0.3 is 4.90 Å². The van der Waals surface area contributed by atoms with Crippen LogP contribution in [0.1, 0.15) is 0 Å². The smallest absolute Gasteiger partial charge is 0.0467 e. The Kier molecular flexibility index (Phi) is 9.91. The number of anilines is 3. The molecule has 13 rings (SSSR count). The van der Waals surface area contributed by atoms with Crippen molar-refractivity contribution in [2.75, 3.05) is 4.90 Å². The van der Waals surface area contributed by atoms with Gasteiger partial charge in [0.25, 0.3) is 0 Å². The lowest BCUT2D eigenvalue weighted by atomic mass is 9.84. The van der Waals surface area contributed by atoms with Crippen molar-refractivity contribution in [3.8, 4) is 55.6 Å². The largest absolute Gasteiger partial charge is 0.310 e. The Labute approximate surface area is 402 Å². The fraction of sp³-hybridized carbons (Fsp3) is 0. The molecule has 0 aliphatic carbocycles. The molecule has 0 atom stereocenters. The van der Waals surface area contributed by atoms with Gasteiger partial charge in [0.15, 0.2) is 0 Å². The van der Waals surface area contributed by atoms with Crippen LogP contribution in [0.2, 0.25) is 0 Å². The fourth-order valence-electron chi connectivity index (χ4n) is 10.8. The summed E-state index contributed by atoms with van der Waals surface area (Å²) in [6.07, 6.45) is 0. The first-order valence-electron chi connectivity index (χ1n) is 23.8. The first kappa shape index (κ1) is 40.3. The van der Waals surface area contributed by atoms with Crippen LogP contribution in [-0.2, 0) is 0 Å². The fourth-order valence-corrected chi connectivity index (χ4v) is 10.8. The Hall–Kier alpha value is -9.04. The van der Waals surface area contributed by atoms with Gasteiger partial charge in [0, 0.05) is 17.1 Å². The van der Waals surface area contributed by atoms with Gasteiger partial charge in [-0.1, -0.05) is 224 Å². The van der Waals surface area contributed by atoms with E-state index in [0.29, 0.717) is 0 Å². The summed E-state index contributed by atoms with van der Waals surface area (Å²) in [4.78, 5) is 2.40. The average Bonchev–Trinajstić information content (AvgIpc) is 3.43. The molecule has 0 saturated heterocycles. The Morgan fingerprint density at radius 3 is 1.36 bits per heavy atom. The van der Waals surface area contributed by atoms with Crippen molar-refractivity contribution in [1.29, 1.82) is 0 Å². The third-order valence-corrected chi connectivity index (χ3v) is 14.0. The van der Waals surface area contributed by atoms with E-state index >= 15 is 0 Å². The number of hydrogen-bond donors (Lipinski definition) is 0. The normalized spacial score (nSPS) is 11.5. The van der Waals surface area contributed by atoms with Gasteiger partial charge >= 0.3 is 0 Å². The van der Waals surface area contributed by atoms with Gasteiger partial charge in [-0.3, -0.25) is 0 Å². The molecular weight excluding hydrogens is 831 g/mol. The van der Waals surface area contributed by atoms with E-state index in [4.69, 9.17) is 0 Å². The van der Waals surface area contributed by atoms with E-state index < -0.39 is 0 Å². The Balaban J connectivity index is 0.951. The first-order chi connectivity index (χ1) is 34.2. The molecule has 1 heteroatoms. The van der Waals surface area contributed by atoms with E-state index in [1.807, 2.05) is 0 Å². The second-order valence-corrected chi connectivity index (χ2v) is 18.0. The van der Waals surface area contributed by atoms with E-state index in [0.717, 1.165) is 22.6 Å². The summed E-state index contributed by atoms with van der Waals surface area (Å²) in [7, 11) is 0. The number of benzene rings is 13. The molecule has 0 aliphatic rings. The van der Waals surface area contributed by atoms with Crippen molar-refractivity contribution in [3.63, 3.8) is 0 Å². The molecule has 0 spiro atoms. The average molecular weight is 876 g/mol. The van der Waals surface area contributed by atoms with Gasteiger partial charge in [-0.25, -0.2) is 0 Å². The second-order valence-electron chi connectivity index (χ2n) is 18.0. The number of hydrogen-bond acceptors (Lipinski definition) is 1. The molecule has 0 amide bonds. The van der Waals surface area contributed by atoms with E-state index in [-0.39, 0.29) is 0 Å². The molecule has 0 unspecified atom stereocenters. The minimum Gasteiger partial charge on any atom is -0.310 e. The minimum atomic E-state index is 1.08.